The van der Waals surface area contributed by atoms with Gasteiger partial charge in [-0.1, -0.05) is 43.0 Å². The number of nitrogens with zero attached hydrogens (tertiary/aromatic N) is 4. The van der Waals surface area contributed by atoms with Crippen molar-refractivity contribution in [3.8, 4) is 5.69 Å². The molecule has 134 valence electrons. The van der Waals surface area contributed by atoms with Gasteiger partial charge in [-0.15, -0.1) is 5.10 Å². The molecule has 0 aliphatic rings. The second kappa shape index (κ2) is 8.14. The van der Waals surface area contributed by atoms with Gasteiger partial charge in [0.2, 0.25) is 11.1 Å². The third-order valence-electron chi connectivity index (χ3n) is 3.97. The predicted octanol–water partition coefficient (Wildman–Crippen LogP) is 3.65. The molecule has 3 rings (SSSR count). The van der Waals surface area contributed by atoms with Crippen molar-refractivity contribution >= 4 is 23.4 Å². The van der Waals surface area contributed by atoms with E-state index in [1.165, 1.54) is 17.3 Å². The Balaban J connectivity index is 1.69. The number of hydrogen-bond acceptors (Lipinski definition) is 5. The van der Waals surface area contributed by atoms with Crippen LogP contribution in [0.1, 0.15) is 25.0 Å². The predicted molar refractivity (Wildman–Crippen MR) is 104 cm³/mol. The Labute approximate surface area is 157 Å². The molecule has 0 spiro atoms. The molecule has 0 saturated heterocycles. The fourth-order valence-corrected chi connectivity index (χ4v) is 3.26. The number of carbonyl (C=O) groups is 1. The standard InChI is InChI=1S/C19H21N5OS/c1-4-15-8-10-16(11-9-15)20-18(25)14(3)26-19-21-22-23-24(19)17-7-5-6-13(2)12-17/h5-12,14H,4H2,1-3H3,(H,20,25). The largest absolute Gasteiger partial charge is 0.325 e. The molecule has 1 aromatic heterocycles. The van der Waals surface area contributed by atoms with Gasteiger partial charge in [-0.2, -0.15) is 4.68 Å². The van der Waals surface area contributed by atoms with Crippen LogP contribution in [0.3, 0.4) is 0 Å². The first kappa shape index (κ1) is 18.1. The van der Waals surface area contributed by atoms with Gasteiger partial charge in [0, 0.05) is 5.69 Å². The Morgan fingerprint density at radius 3 is 2.69 bits per heavy atom. The molecule has 26 heavy (non-hydrogen) atoms. The number of aromatic nitrogens is 4. The summed E-state index contributed by atoms with van der Waals surface area (Å²) in [5, 5.41) is 15.0. The molecular weight excluding hydrogens is 346 g/mol. The molecule has 0 aliphatic heterocycles. The van der Waals surface area contributed by atoms with Crippen LogP contribution in [0.5, 0.6) is 0 Å². The Kier molecular flexibility index (Phi) is 5.68. The fourth-order valence-electron chi connectivity index (χ4n) is 2.45. The van der Waals surface area contributed by atoms with E-state index in [0.29, 0.717) is 5.16 Å². The van der Waals surface area contributed by atoms with Gasteiger partial charge in [-0.25, -0.2) is 0 Å². The summed E-state index contributed by atoms with van der Waals surface area (Å²) in [5.41, 5.74) is 4.02. The Hall–Kier alpha value is -2.67. The Morgan fingerprint density at radius 1 is 1.23 bits per heavy atom. The van der Waals surface area contributed by atoms with Crippen LogP contribution in [0.4, 0.5) is 5.69 Å². The highest BCUT2D eigenvalue weighted by molar-refractivity contribution is 8.00. The smallest absolute Gasteiger partial charge is 0.237 e. The minimum atomic E-state index is -0.338. The maximum atomic E-state index is 12.5. The van der Waals surface area contributed by atoms with Crippen LogP contribution in [0.15, 0.2) is 53.7 Å². The van der Waals surface area contributed by atoms with Crippen LogP contribution < -0.4 is 5.32 Å². The maximum Gasteiger partial charge on any atom is 0.237 e. The van der Waals surface area contributed by atoms with Crippen molar-refractivity contribution in [2.75, 3.05) is 5.32 Å². The lowest BCUT2D eigenvalue weighted by molar-refractivity contribution is -0.115. The minimum Gasteiger partial charge on any atom is -0.325 e. The van der Waals surface area contributed by atoms with E-state index in [0.717, 1.165) is 23.4 Å². The third kappa shape index (κ3) is 4.29. The number of nitrogens with one attached hydrogen (secondary N) is 1. The summed E-state index contributed by atoms with van der Waals surface area (Å²) in [6.07, 6.45) is 0.974. The van der Waals surface area contributed by atoms with Crippen molar-refractivity contribution in [1.29, 1.82) is 0 Å². The molecule has 0 saturated carbocycles. The molecule has 0 fully saturated rings. The highest BCUT2D eigenvalue weighted by atomic mass is 32.2. The molecule has 1 unspecified atom stereocenters. The van der Waals surface area contributed by atoms with Gasteiger partial charge in [0.05, 0.1) is 10.9 Å². The normalized spacial score (nSPS) is 12.0. The van der Waals surface area contributed by atoms with Gasteiger partial charge in [-0.3, -0.25) is 4.79 Å². The highest BCUT2D eigenvalue weighted by Crippen LogP contribution is 2.24. The first-order chi connectivity index (χ1) is 12.6. The second-order valence-electron chi connectivity index (χ2n) is 6.01. The number of anilines is 1. The molecule has 1 heterocycles. The Bertz CT molecular complexity index is 891. The van der Waals surface area contributed by atoms with Crippen LogP contribution in [-0.2, 0) is 11.2 Å². The van der Waals surface area contributed by atoms with E-state index in [4.69, 9.17) is 0 Å². The highest BCUT2D eigenvalue weighted by Gasteiger charge is 2.19. The summed E-state index contributed by atoms with van der Waals surface area (Å²) in [6, 6.07) is 15.8. The van der Waals surface area contributed by atoms with Gasteiger partial charge in [0.15, 0.2) is 0 Å². The molecule has 3 aromatic rings. The Morgan fingerprint density at radius 2 is 2.00 bits per heavy atom. The van der Waals surface area contributed by atoms with E-state index < -0.39 is 0 Å². The van der Waals surface area contributed by atoms with Crippen LogP contribution in [-0.4, -0.2) is 31.4 Å². The molecule has 2 aromatic carbocycles. The number of carbonyl (C=O) groups excluding carboxylic acids is 1. The number of amides is 1. The molecule has 0 radical (unpaired) electrons. The second-order valence-corrected chi connectivity index (χ2v) is 7.32. The van der Waals surface area contributed by atoms with Gasteiger partial charge in [0.1, 0.15) is 0 Å². The molecular formula is C19H21N5OS. The summed E-state index contributed by atoms with van der Waals surface area (Å²) in [4.78, 5) is 12.5. The van der Waals surface area contributed by atoms with Crippen molar-refractivity contribution < 1.29 is 4.79 Å². The maximum absolute atomic E-state index is 12.5. The number of tetrazole rings is 1. The number of hydrogen-bond donors (Lipinski definition) is 1. The van der Waals surface area contributed by atoms with Crippen LogP contribution in [0.2, 0.25) is 0 Å². The van der Waals surface area contributed by atoms with Crippen molar-refractivity contribution in [3.63, 3.8) is 0 Å². The van der Waals surface area contributed by atoms with Crippen molar-refractivity contribution in [2.45, 2.75) is 37.6 Å². The van der Waals surface area contributed by atoms with E-state index in [9.17, 15) is 4.79 Å². The molecule has 0 aliphatic carbocycles. The summed E-state index contributed by atoms with van der Waals surface area (Å²) in [7, 11) is 0. The van der Waals surface area contributed by atoms with E-state index >= 15 is 0 Å². The summed E-state index contributed by atoms with van der Waals surface area (Å²) < 4.78 is 1.65. The van der Waals surface area contributed by atoms with Crippen LogP contribution in [0.25, 0.3) is 5.69 Å². The average Bonchev–Trinajstić information content (AvgIpc) is 3.10. The van der Waals surface area contributed by atoms with E-state index in [1.807, 2.05) is 62.4 Å². The third-order valence-corrected chi connectivity index (χ3v) is 5.00. The lowest BCUT2D eigenvalue weighted by Gasteiger charge is -2.12. The van der Waals surface area contributed by atoms with Crippen molar-refractivity contribution in [2.24, 2.45) is 0 Å². The molecule has 1 amide bonds. The molecule has 7 heteroatoms. The van der Waals surface area contributed by atoms with E-state index in [2.05, 4.69) is 27.8 Å². The van der Waals surface area contributed by atoms with Crippen molar-refractivity contribution in [3.05, 3.63) is 59.7 Å². The molecule has 6 nitrogen and oxygen atoms in total. The van der Waals surface area contributed by atoms with Gasteiger partial charge >= 0.3 is 0 Å². The lowest BCUT2D eigenvalue weighted by Crippen LogP contribution is -2.22. The van der Waals surface area contributed by atoms with Crippen molar-refractivity contribution in [1.82, 2.24) is 20.2 Å². The molecule has 1 atom stereocenters. The summed E-state index contributed by atoms with van der Waals surface area (Å²) in [5.74, 6) is -0.0851. The molecule has 1 N–H and O–H groups in total. The quantitative estimate of drug-likeness (QED) is 0.673. The van der Waals surface area contributed by atoms with Gasteiger partial charge in [-0.05, 0) is 66.1 Å². The SMILES string of the molecule is CCc1ccc(NC(=O)C(C)Sc2nnnn2-c2cccc(C)c2)cc1. The van der Waals surface area contributed by atoms with E-state index in [-0.39, 0.29) is 11.2 Å². The number of thioether (sulfide) groups is 1. The first-order valence-corrected chi connectivity index (χ1v) is 9.36. The zero-order chi connectivity index (χ0) is 18.5. The van der Waals surface area contributed by atoms with Crippen LogP contribution in [0, 0.1) is 6.92 Å². The lowest BCUT2D eigenvalue weighted by atomic mass is 10.1. The van der Waals surface area contributed by atoms with Gasteiger partial charge in [0.25, 0.3) is 0 Å². The molecule has 0 bridgehead atoms. The monoisotopic (exact) mass is 367 g/mol. The zero-order valence-corrected chi connectivity index (χ0v) is 15.8. The summed E-state index contributed by atoms with van der Waals surface area (Å²) >= 11 is 1.33. The average molecular weight is 367 g/mol. The number of benzene rings is 2. The fraction of sp³-hybridized carbons (Fsp3) is 0.263. The number of rotatable bonds is 6. The van der Waals surface area contributed by atoms with Crippen LogP contribution >= 0.6 is 11.8 Å². The first-order valence-electron chi connectivity index (χ1n) is 8.48. The minimum absolute atomic E-state index is 0.0851. The topological polar surface area (TPSA) is 72.7 Å². The number of aryl methyl sites for hydroxylation is 2. The van der Waals surface area contributed by atoms with Gasteiger partial charge < -0.3 is 5.32 Å². The zero-order valence-electron chi connectivity index (χ0n) is 15.0. The van der Waals surface area contributed by atoms with E-state index in [1.54, 1.807) is 4.68 Å². The summed E-state index contributed by atoms with van der Waals surface area (Å²) in [6.45, 7) is 5.96.